The third-order valence-electron chi connectivity index (χ3n) is 2.44. The summed E-state index contributed by atoms with van der Waals surface area (Å²) < 4.78 is 28.0. The molecule has 2 heterocycles. The quantitative estimate of drug-likeness (QED) is 0.846. The van der Waals surface area contributed by atoms with Crippen LogP contribution < -0.4 is 10.0 Å². The summed E-state index contributed by atoms with van der Waals surface area (Å²) in [6.45, 7) is 5.39. The Kier molecular flexibility index (Phi) is 3.39. The van der Waals surface area contributed by atoms with E-state index in [2.05, 4.69) is 4.98 Å². The average molecular weight is 277 g/mol. The molecule has 1 aliphatic heterocycles. The van der Waals surface area contributed by atoms with Crippen molar-refractivity contribution in [2.24, 2.45) is 5.14 Å². The molecule has 2 rings (SSSR count). The largest absolute Gasteiger partial charge is 0.372 e. The maximum Gasteiger partial charge on any atom is 0.249 e. The highest BCUT2D eigenvalue weighted by Crippen LogP contribution is 2.27. The summed E-state index contributed by atoms with van der Waals surface area (Å²) in [6.07, 6.45) is 1.53. The van der Waals surface area contributed by atoms with Crippen LogP contribution in [0.5, 0.6) is 0 Å². The molecule has 0 radical (unpaired) electrons. The molecular formula is C9H15N3O3S2. The second-order valence-corrected chi connectivity index (χ2v) is 6.97. The summed E-state index contributed by atoms with van der Waals surface area (Å²) >= 11 is 1.10. The van der Waals surface area contributed by atoms with Gasteiger partial charge in [0.1, 0.15) is 0 Å². The van der Waals surface area contributed by atoms with Crippen LogP contribution in [0.25, 0.3) is 0 Å². The van der Waals surface area contributed by atoms with Crippen LogP contribution in [0.2, 0.25) is 0 Å². The Morgan fingerprint density at radius 3 is 2.53 bits per heavy atom. The minimum Gasteiger partial charge on any atom is -0.372 e. The number of hydrogen-bond acceptors (Lipinski definition) is 6. The van der Waals surface area contributed by atoms with Gasteiger partial charge in [-0.1, -0.05) is 11.3 Å². The molecule has 0 aliphatic carbocycles. The summed E-state index contributed by atoms with van der Waals surface area (Å²) in [6, 6.07) is 0. The zero-order valence-electron chi connectivity index (χ0n) is 9.66. The van der Waals surface area contributed by atoms with Crippen LogP contribution in [0.1, 0.15) is 13.8 Å². The maximum absolute atomic E-state index is 11.2. The third-order valence-corrected chi connectivity index (χ3v) is 4.91. The van der Waals surface area contributed by atoms with Gasteiger partial charge in [-0.25, -0.2) is 18.5 Å². The maximum atomic E-state index is 11.2. The van der Waals surface area contributed by atoms with Crippen molar-refractivity contribution < 1.29 is 13.2 Å². The second-order valence-electron chi connectivity index (χ2n) is 4.17. The van der Waals surface area contributed by atoms with Gasteiger partial charge in [0, 0.05) is 13.1 Å². The van der Waals surface area contributed by atoms with E-state index in [1.165, 1.54) is 6.20 Å². The van der Waals surface area contributed by atoms with E-state index in [1.54, 1.807) is 0 Å². The van der Waals surface area contributed by atoms with Crippen molar-refractivity contribution in [2.45, 2.75) is 30.3 Å². The van der Waals surface area contributed by atoms with E-state index in [-0.39, 0.29) is 16.4 Å². The Morgan fingerprint density at radius 1 is 1.47 bits per heavy atom. The van der Waals surface area contributed by atoms with Gasteiger partial charge in [0.25, 0.3) is 0 Å². The minimum absolute atomic E-state index is 0.0966. The molecule has 1 aromatic rings. The van der Waals surface area contributed by atoms with Crippen molar-refractivity contribution in [1.82, 2.24) is 4.98 Å². The molecule has 0 spiro atoms. The summed E-state index contributed by atoms with van der Waals surface area (Å²) in [5.74, 6) is 0. The fourth-order valence-corrected chi connectivity index (χ4v) is 3.42. The highest BCUT2D eigenvalue weighted by molar-refractivity contribution is 7.91. The second kappa shape index (κ2) is 4.52. The standard InChI is InChI=1S/C9H15N3O3S2/c1-6-4-12(5-7(2)15-6)9-11-3-8(16-9)17(10,13)14/h3,6-7H,4-5H2,1-2H3,(H2,10,13,14)/t6-,7-/m1/s1. The van der Waals surface area contributed by atoms with E-state index in [0.717, 1.165) is 11.3 Å². The van der Waals surface area contributed by atoms with Gasteiger partial charge in [-0.15, -0.1) is 0 Å². The number of hydrogen-bond donors (Lipinski definition) is 1. The molecule has 0 saturated carbocycles. The topological polar surface area (TPSA) is 85.5 Å². The monoisotopic (exact) mass is 277 g/mol. The van der Waals surface area contributed by atoms with Crippen LogP contribution in [0, 0.1) is 0 Å². The number of aromatic nitrogens is 1. The summed E-state index contributed by atoms with van der Waals surface area (Å²) in [7, 11) is -3.65. The molecule has 8 heteroatoms. The first-order valence-corrected chi connectivity index (χ1v) is 7.61. The fraction of sp³-hybridized carbons (Fsp3) is 0.667. The van der Waals surface area contributed by atoms with Gasteiger partial charge >= 0.3 is 0 Å². The first-order valence-electron chi connectivity index (χ1n) is 5.25. The van der Waals surface area contributed by atoms with E-state index in [9.17, 15) is 8.42 Å². The normalized spacial score (nSPS) is 26.2. The molecule has 0 bridgehead atoms. The lowest BCUT2D eigenvalue weighted by Gasteiger charge is -2.35. The smallest absolute Gasteiger partial charge is 0.249 e. The van der Waals surface area contributed by atoms with Gasteiger partial charge in [-0.05, 0) is 13.8 Å². The van der Waals surface area contributed by atoms with Crippen molar-refractivity contribution in [2.75, 3.05) is 18.0 Å². The molecule has 1 aliphatic rings. The number of thiazole rings is 1. The van der Waals surface area contributed by atoms with E-state index >= 15 is 0 Å². The first-order chi connectivity index (χ1) is 7.86. The summed E-state index contributed by atoms with van der Waals surface area (Å²) in [5, 5.41) is 5.73. The van der Waals surface area contributed by atoms with Crippen molar-refractivity contribution in [3.05, 3.63) is 6.20 Å². The Bertz CT molecular complexity index is 489. The zero-order chi connectivity index (χ0) is 12.6. The Morgan fingerprint density at radius 2 is 2.06 bits per heavy atom. The van der Waals surface area contributed by atoms with Gasteiger partial charge < -0.3 is 9.64 Å². The van der Waals surface area contributed by atoms with Gasteiger partial charge in [0.2, 0.25) is 10.0 Å². The molecule has 1 aromatic heterocycles. The minimum atomic E-state index is -3.65. The van der Waals surface area contributed by atoms with Crippen LogP contribution in [-0.4, -0.2) is 38.7 Å². The number of morpholine rings is 1. The van der Waals surface area contributed by atoms with E-state index in [4.69, 9.17) is 9.88 Å². The SMILES string of the molecule is C[C@@H]1CN(c2ncc(S(N)(=O)=O)s2)C[C@@H](C)O1. The lowest BCUT2D eigenvalue weighted by atomic mass is 10.2. The van der Waals surface area contributed by atoms with Gasteiger partial charge in [-0.2, -0.15) is 0 Å². The molecule has 2 atom stereocenters. The zero-order valence-corrected chi connectivity index (χ0v) is 11.3. The molecular weight excluding hydrogens is 262 g/mol. The van der Waals surface area contributed by atoms with Crippen LogP contribution in [0.3, 0.4) is 0 Å². The lowest BCUT2D eigenvalue weighted by molar-refractivity contribution is -0.00522. The molecule has 1 saturated heterocycles. The molecule has 6 nitrogen and oxygen atoms in total. The molecule has 0 aromatic carbocycles. The predicted octanol–water partition coefficient (Wildman–Crippen LogP) is 0.404. The highest BCUT2D eigenvalue weighted by Gasteiger charge is 2.25. The summed E-state index contributed by atoms with van der Waals surface area (Å²) in [5.41, 5.74) is 0. The molecule has 2 N–H and O–H groups in total. The Labute approximate surface area is 104 Å². The Balaban J connectivity index is 2.20. The number of anilines is 1. The number of primary sulfonamides is 1. The van der Waals surface area contributed by atoms with Crippen LogP contribution in [0.15, 0.2) is 10.4 Å². The molecule has 0 unspecified atom stereocenters. The molecule has 17 heavy (non-hydrogen) atoms. The van der Waals surface area contributed by atoms with Gasteiger partial charge in [0.15, 0.2) is 9.34 Å². The van der Waals surface area contributed by atoms with Crippen molar-refractivity contribution in [1.29, 1.82) is 0 Å². The highest BCUT2D eigenvalue weighted by atomic mass is 32.2. The van der Waals surface area contributed by atoms with E-state index in [1.807, 2.05) is 18.7 Å². The summed E-state index contributed by atoms with van der Waals surface area (Å²) in [4.78, 5) is 6.13. The van der Waals surface area contributed by atoms with Crippen molar-refractivity contribution in [3.63, 3.8) is 0 Å². The fourth-order valence-electron chi connectivity index (χ4n) is 1.86. The number of nitrogens with zero attached hydrogens (tertiary/aromatic N) is 2. The van der Waals surface area contributed by atoms with E-state index in [0.29, 0.717) is 18.2 Å². The molecule has 96 valence electrons. The molecule has 0 amide bonds. The lowest BCUT2D eigenvalue weighted by Crippen LogP contribution is -2.45. The van der Waals surface area contributed by atoms with Gasteiger partial charge in [-0.3, -0.25) is 0 Å². The Hall–Kier alpha value is -0.700. The number of nitrogens with two attached hydrogens (primary N) is 1. The predicted molar refractivity (Wildman–Crippen MR) is 65.7 cm³/mol. The van der Waals surface area contributed by atoms with Crippen LogP contribution in [0.4, 0.5) is 5.13 Å². The third kappa shape index (κ3) is 2.95. The first kappa shape index (κ1) is 12.7. The van der Waals surface area contributed by atoms with E-state index < -0.39 is 10.0 Å². The number of rotatable bonds is 2. The number of sulfonamides is 1. The number of ether oxygens (including phenoxy) is 1. The van der Waals surface area contributed by atoms with Crippen molar-refractivity contribution in [3.8, 4) is 0 Å². The molecule has 1 fully saturated rings. The van der Waals surface area contributed by atoms with Gasteiger partial charge in [0.05, 0.1) is 18.4 Å². The average Bonchev–Trinajstić information content (AvgIpc) is 2.63. The van der Waals surface area contributed by atoms with Crippen LogP contribution in [-0.2, 0) is 14.8 Å². The van der Waals surface area contributed by atoms with Crippen molar-refractivity contribution >= 4 is 26.5 Å². The van der Waals surface area contributed by atoms with Crippen LogP contribution >= 0.6 is 11.3 Å².